The minimum absolute atomic E-state index is 0.280. The van der Waals surface area contributed by atoms with Gasteiger partial charge in [0.15, 0.2) is 0 Å². The highest BCUT2D eigenvalue weighted by Gasteiger charge is 2.20. The van der Waals surface area contributed by atoms with Crippen molar-refractivity contribution in [1.82, 2.24) is 9.55 Å². The number of rotatable bonds is 3. The molecule has 0 saturated heterocycles. The van der Waals surface area contributed by atoms with Gasteiger partial charge in [0, 0.05) is 42.6 Å². The lowest BCUT2D eigenvalue weighted by Crippen LogP contribution is -2.03. The minimum Gasteiger partial charge on any atom is -0.295 e. The van der Waals surface area contributed by atoms with Gasteiger partial charge < -0.3 is 0 Å². The first-order valence-electron chi connectivity index (χ1n) is 13.5. The van der Waals surface area contributed by atoms with E-state index in [2.05, 4.69) is 134 Å². The maximum atomic E-state index is 5.28. The van der Waals surface area contributed by atoms with Gasteiger partial charge in [-0.05, 0) is 40.1 Å². The van der Waals surface area contributed by atoms with Gasteiger partial charge in [-0.3, -0.25) is 4.57 Å². The Morgan fingerprint density at radius 1 is 0.590 bits per heavy atom. The number of benzene rings is 6. The molecule has 0 N–H and O–H groups in total. The van der Waals surface area contributed by atoms with Crippen molar-refractivity contribution < 1.29 is 0 Å². The van der Waals surface area contributed by atoms with E-state index < -0.39 is 0 Å². The first-order chi connectivity index (χ1) is 19.2. The van der Waals surface area contributed by atoms with Gasteiger partial charge in [0.25, 0.3) is 0 Å². The minimum atomic E-state index is 0.280. The van der Waals surface area contributed by atoms with E-state index >= 15 is 0 Å². The molecular weight excluding hydrogens is 492 g/mol. The fourth-order valence-corrected chi connectivity index (χ4v) is 7.37. The van der Waals surface area contributed by atoms with E-state index in [1.165, 1.54) is 58.4 Å². The molecule has 2 aromatic heterocycles. The van der Waals surface area contributed by atoms with E-state index in [0.717, 1.165) is 17.0 Å². The summed E-state index contributed by atoms with van der Waals surface area (Å²) in [5, 5.41) is 7.64. The molecule has 2 heterocycles. The monoisotopic (exact) mass is 518 g/mol. The van der Waals surface area contributed by atoms with Crippen LogP contribution in [0.4, 0.5) is 0 Å². The molecule has 0 bridgehead atoms. The Hall–Kier alpha value is -4.47. The van der Waals surface area contributed by atoms with Crippen LogP contribution in [0.2, 0.25) is 0 Å². The molecule has 0 aliphatic heterocycles. The van der Waals surface area contributed by atoms with Crippen LogP contribution in [0, 0.1) is 0 Å². The van der Waals surface area contributed by atoms with E-state index in [0.29, 0.717) is 0 Å². The average molecular weight is 519 g/mol. The summed E-state index contributed by atoms with van der Waals surface area (Å²) in [6, 6.07) is 41.9. The summed E-state index contributed by atoms with van der Waals surface area (Å²) in [5.41, 5.74) is 5.94. The van der Waals surface area contributed by atoms with Gasteiger partial charge in [-0.2, -0.15) is 0 Å². The quantitative estimate of drug-likeness (QED) is 0.213. The van der Waals surface area contributed by atoms with Gasteiger partial charge in [0.2, 0.25) is 0 Å². The molecule has 0 atom stereocenters. The van der Waals surface area contributed by atoms with Crippen LogP contribution in [0.5, 0.6) is 0 Å². The zero-order valence-electron chi connectivity index (χ0n) is 21.8. The summed E-state index contributed by atoms with van der Waals surface area (Å²) in [5.74, 6) is 1.37. The molecule has 0 spiro atoms. The van der Waals surface area contributed by atoms with E-state index in [1.54, 1.807) is 0 Å². The molecule has 0 aliphatic carbocycles. The first kappa shape index (κ1) is 22.5. The summed E-state index contributed by atoms with van der Waals surface area (Å²) >= 11 is 1.88. The molecule has 186 valence electrons. The zero-order valence-corrected chi connectivity index (χ0v) is 22.7. The number of nitrogens with zero attached hydrogens (tertiary/aromatic N) is 2. The van der Waals surface area contributed by atoms with E-state index in [-0.39, 0.29) is 5.92 Å². The molecule has 0 radical (unpaired) electrons. The van der Waals surface area contributed by atoms with Gasteiger partial charge in [-0.15, -0.1) is 11.3 Å². The summed E-state index contributed by atoms with van der Waals surface area (Å²) in [4.78, 5) is 5.28. The molecule has 0 unspecified atom stereocenters. The number of hydrogen-bond donors (Lipinski definition) is 0. The molecule has 0 aliphatic rings. The third-order valence-electron chi connectivity index (χ3n) is 7.92. The van der Waals surface area contributed by atoms with Gasteiger partial charge in [0.1, 0.15) is 5.82 Å². The van der Waals surface area contributed by atoms with Crippen LogP contribution >= 0.6 is 11.3 Å². The smallest absolute Gasteiger partial charge is 0.117 e. The molecule has 8 aromatic rings. The number of imidazole rings is 1. The Balaban J connectivity index is 1.37. The largest absolute Gasteiger partial charge is 0.295 e. The fourth-order valence-electron chi connectivity index (χ4n) is 6.14. The van der Waals surface area contributed by atoms with Gasteiger partial charge in [0.05, 0.1) is 11.0 Å². The lowest BCUT2D eigenvalue weighted by molar-refractivity contribution is 0.760. The highest BCUT2D eigenvalue weighted by Crippen LogP contribution is 2.41. The molecular formula is C36H26N2S. The Bertz CT molecular complexity index is 2200. The predicted octanol–water partition coefficient (Wildman–Crippen LogP) is 10.5. The molecule has 6 aromatic carbocycles. The lowest BCUT2D eigenvalue weighted by atomic mass is 9.99. The number of fused-ring (bicyclic) bond motifs is 9. The predicted molar refractivity (Wildman–Crippen MR) is 168 cm³/mol. The Kier molecular flexibility index (Phi) is 4.92. The lowest BCUT2D eigenvalue weighted by Gasteiger charge is -2.14. The summed E-state index contributed by atoms with van der Waals surface area (Å²) in [6.45, 7) is 4.47. The van der Waals surface area contributed by atoms with Crippen LogP contribution in [0.3, 0.4) is 0 Å². The van der Waals surface area contributed by atoms with Gasteiger partial charge >= 0.3 is 0 Å². The van der Waals surface area contributed by atoms with Crippen LogP contribution in [-0.2, 0) is 0 Å². The Morgan fingerprint density at radius 2 is 1.21 bits per heavy atom. The number of thiophene rings is 1. The standard InChI is InChI=1S/C36H26N2S/c1-22(2)36-37-33-29-13-5-3-10-26(29)27-11-4-6-14-30(27)34(33)38(36)24-20-18-23(19-21-24)25-15-9-16-31-28-12-7-8-17-32(28)39-35(25)31/h3-22H,1-2H3. The second-order valence-corrected chi connectivity index (χ2v) is 11.6. The Labute approximate surface area is 230 Å². The van der Waals surface area contributed by atoms with Crippen molar-refractivity contribution in [2.24, 2.45) is 0 Å². The zero-order chi connectivity index (χ0) is 26.1. The maximum Gasteiger partial charge on any atom is 0.117 e. The average Bonchev–Trinajstić information content (AvgIpc) is 3.57. The summed E-state index contributed by atoms with van der Waals surface area (Å²) in [6.07, 6.45) is 0. The second-order valence-electron chi connectivity index (χ2n) is 10.6. The third-order valence-corrected chi connectivity index (χ3v) is 9.13. The third kappa shape index (κ3) is 3.30. The van der Waals surface area contributed by atoms with Gasteiger partial charge in [-0.25, -0.2) is 4.98 Å². The maximum absolute atomic E-state index is 5.28. The van der Waals surface area contributed by atoms with E-state index in [4.69, 9.17) is 4.98 Å². The SMILES string of the molecule is CC(C)c1nc2c3ccccc3c3ccccc3c2n1-c1ccc(-c2cccc3c2sc2ccccc23)cc1. The highest BCUT2D eigenvalue weighted by atomic mass is 32.1. The normalized spacial score (nSPS) is 12.1. The van der Waals surface area contributed by atoms with Crippen molar-refractivity contribution in [1.29, 1.82) is 0 Å². The second kappa shape index (κ2) is 8.52. The highest BCUT2D eigenvalue weighted by molar-refractivity contribution is 7.26. The molecule has 0 amide bonds. The van der Waals surface area contributed by atoms with Crippen LogP contribution in [0.1, 0.15) is 25.6 Å². The van der Waals surface area contributed by atoms with Crippen molar-refractivity contribution >= 4 is 64.1 Å². The molecule has 8 rings (SSSR count). The van der Waals surface area contributed by atoms with Crippen LogP contribution in [0.15, 0.2) is 115 Å². The Morgan fingerprint density at radius 3 is 1.95 bits per heavy atom. The van der Waals surface area contributed by atoms with Crippen LogP contribution < -0.4 is 0 Å². The molecule has 0 fully saturated rings. The van der Waals surface area contributed by atoms with E-state index in [1.807, 2.05) is 11.3 Å². The fraction of sp³-hybridized carbons (Fsp3) is 0.0833. The van der Waals surface area contributed by atoms with Crippen molar-refractivity contribution in [2.45, 2.75) is 19.8 Å². The van der Waals surface area contributed by atoms with Gasteiger partial charge in [-0.1, -0.05) is 111 Å². The molecule has 0 saturated carbocycles. The van der Waals surface area contributed by atoms with Crippen LogP contribution in [0.25, 0.3) is 69.6 Å². The molecule has 39 heavy (non-hydrogen) atoms. The van der Waals surface area contributed by atoms with Crippen molar-refractivity contribution in [3.05, 3.63) is 121 Å². The van der Waals surface area contributed by atoms with Crippen molar-refractivity contribution in [3.8, 4) is 16.8 Å². The first-order valence-corrected chi connectivity index (χ1v) is 14.3. The van der Waals surface area contributed by atoms with Crippen molar-refractivity contribution in [2.75, 3.05) is 0 Å². The molecule has 3 heteroatoms. The topological polar surface area (TPSA) is 17.8 Å². The van der Waals surface area contributed by atoms with Crippen LogP contribution in [-0.4, -0.2) is 9.55 Å². The summed E-state index contributed by atoms with van der Waals surface area (Å²) in [7, 11) is 0. The van der Waals surface area contributed by atoms with Crippen molar-refractivity contribution in [3.63, 3.8) is 0 Å². The number of aromatic nitrogens is 2. The summed E-state index contributed by atoms with van der Waals surface area (Å²) < 4.78 is 5.07. The van der Waals surface area contributed by atoms with E-state index in [9.17, 15) is 0 Å². The number of hydrogen-bond acceptors (Lipinski definition) is 2. The molecule has 2 nitrogen and oxygen atoms in total.